The molecule has 1 radical (unpaired) electrons. The summed E-state index contributed by atoms with van der Waals surface area (Å²) in [6, 6.07) is 26.3. The Hall–Kier alpha value is -2.29. The largest absolute Gasteiger partial charge is 0.532 e. The van der Waals surface area contributed by atoms with Gasteiger partial charge in [-0.3, -0.25) is 0 Å². The number of rotatable bonds is 5. The minimum absolute atomic E-state index is 0.616. The highest BCUT2D eigenvalue weighted by Gasteiger charge is 2.22. The highest BCUT2D eigenvalue weighted by atomic mass is 35.5. The van der Waals surface area contributed by atoms with Gasteiger partial charge in [-0.05, 0) is 28.1 Å². The summed E-state index contributed by atoms with van der Waals surface area (Å²) in [7, 11) is -1.42. The summed E-state index contributed by atoms with van der Waals surface area (Å²) in [5.74, 6) is 0.700. The predicted molar refractivity (Wildman–Crippen MR) is 100 cm³/mol. The lowest BCUT2D eigenvalue weighted by atomic mass is 10.2. The fourth-order valence-corrected chi connectivity index (χ4v) is 4.47. The normalized spacial score (nSPS) is 10.5. The number of benzene rings is 3. The Morgan fingerprint density at radius 2 is 1.39 bits per heavy atom. The van der Waals surface area contributed by atoms with Crippen LogP contribution in [-0.2, 0) is 0 Å². The monoisotopic (exact) mass is 335 g/mol. The maximum Gasteiger partial charge on any atom is 0.352 e. The molecule has 0 saturated carbocycles. The second-order valence-electron chi connectivity index (χ2n) is 5.06. The van der Waals surface area contributed by atoms with Crippen LogP contribution in [0, 0.1) is 0 Å². The van der Waals surface area contributed by atoms with Gasteiger partial charge in [0.05, 0.1) is 5.02 Å². The molecule has 23 heavy (non-hydrogen) atoms. The van der Waals surface area contributed by atoms with E-state index < -0.39 is 9.04 Å². The zero-order valence-electron chi connectivity index (χ0n) is 12.6. The summed E-state index contributed by atoms with van der Waals surface area (Å²) >= 11 is 6.33. The lowest BCUT2D eigenvalue weighted by molar-refractivity contribution is 0.592. The number of hydrogen-bond acceptors (Lipinski definition) is 1. The van der Waals surface area contributed by atoms with Crippen molar-refractivity contribution in [2.24, 2.45) is 0 Å². The molecule has 0 saturated heterocycles. The van der Waals surface area contributed by atoms with Crippen LogP contribution in [0.1, 0.15) is 5.56 Å². The molecule has 1 nitrogen and oxygen atoms in total. The number of halogens is 1. The predicted octanol–water partition coefficient (Wildman–Crippen LogP) is 4.17. The fourth-order valence-electron chi connectivity index (χ4n) is 2.30. The minimum Gasteiger partial charge on any atom is -0.532 e. The van der Waals surface area contributed by atoms with E-state index in [1.807, 2.05) is 54.6 Å². The Morgan fingerprint density at radius 1 is 0.826 bits per heavy atom. The molecule has 3 aromatic carbocycles. The van der Waals surface area contributed by atoms with Gasteiger partial charge in [0.2, 0.25) is 0 Å². The quantitative estimate of drug-likeness (QED) is 0.636. The van der Waals surface area contributed by atoms with Crippen molar-refractivity contribution in [3.63, 3.8) is 0 Å². The second-order valence-corrected chi connectivity index (χ2v) is 7.48. The van der Waals surface area contributed by atoms with E-state index in [1.165, 1.54) is 10.4 Å². The average Bonchev–Trinajstić information content (AvgIpc) is 2.62. The molecule has 113 valence electrons. The molecule has 0 bridgehead atoms. The van der Waals surface area contributed by atoms with E-state index >= 15 is 0 Å². The van der Waals surface area contributed by atoms with Crippen molar-refractivity contribution in [2.75, 3.05) is 0 Å². The van der Waals surface area contributed by atoms with Gasteiger partial charge in [-0.15, -0.1) is 0 Å². The molecule has 0 N–H and O–H groups in total. The van der Waals surface area contributed by atoms with Gasteiger partial charge in [-0.25, -0.2) is 0 Å². The Kier molecular flexibility index (Phi) is 4.96. The van der Waals surface area contributed by atoms with Crippen molar-refractivity contribution in [1.29, 1.82) is 0 Å². The van der Waals surface area contributed by atoms with Gasteiger partial charge in [0.15, 0.2) is 0 Å². The van der Waals surface area contributed by atoms with Crippen LogP contribution in [-0.4, -0.2) is 9.04 Å². The zero-order chi connectivity index (χ0) is 16.1. The van der Waals surface area contributed by atoms with E-state index in [0.717, 1.165) is 5.56 Å². The van der Waals surface area contributed by atoms with E-state index in [2.05, 4.69) is 30.8 Å². The standard InChI is InChI=1S/C20H16ClOSi/c1-2-16-13-14-19(21)20(15-16)22-23(17-9-5-3-6-10-17)18-11-7-4-8-12-18/h2-15H,1H2. The van der Waals surface area contributed by atoms with E-state index in [9.17, 15) is 0 Å². The first-order valence-corrected chi connectivity index (χ1v) is 9.14. The summed E-state index contributed by atoms with van der Waals surface area (Å²) in [6.45, 7) is 3.81. The molecule has 0 aliphatic rings. The molecule has 0 heterocycles. The molecule has 0 spiro atoms. The molecular weight excluding hydrogens is 320 g/mol. The maximum atomic E-state index is 6.38. The Bertz CT molecular complexity index is 748. The van der Waals surface area contributed by atoms with Crippen LogP contribution in [0.3, 0.4) is 0 Å². The van der Waals surface area contributed by atoms with Crippen LogP contribution >= 0.6 is 11.6 Å². The maximum absolute atomic E-state index is 6.38. The van der Waals surface area contributed by atoms with Gasteiger partial charge in [-0.2, -0.15) is 0 Å². The first-order chi connectivity index (χ1) is 11.3. The number of hydrogen-bond donors (Lipinski definition) is 0. The Balaban J connectivity index is 2.02. The van der Waals surface area contributed by atoms with Gasteiger partial charge < -0.3 is 4.43 Å². The van der Waals surface area contributed by atoms with Crippen molar-refractivity contribution >= 4 is 37.1 Å². The van der Waals surface area contributed by atoms with E-state index in [-0.39, 0.29) is 0 Å². The van der Waals surface area contributed by atoms with Crippen LogP contribution < -0.4 is 14.8 Å². The zero-order valence-corrected chi connectivity index (χ0v) is 14.3. The molecule has 0 atom stereocenters. The van der Waals surface area contributed by atoms with Crippen molar-refractivity contribution in [2.45, 2.75) is 0 Å². The molecular formula is C20H16ClOSi. The lowest BCUT2D eigenvalue weighted by Gasteiger charge is -2.18. The Labute approximate surface area is 143 Å². The molecule has 3 aromatic rings. The van der Waals surface area contributed by atoms with Crippen LogP contribution in [0.4, 0.5) is 0 Å². The molecule has 0 fully saturated rings. The van der Waals surface area contributed by atoms with Crippen LogP contribution in [0.5, 0.6) is 5.75 Å². The smallest absolute Gasteiger partial charge is 0.352 e. The van der Waals surface area contributed by atoms with Crippen molar-refractivity contribution < 1.29 is 4.43 Å². The average molecular weight is 336 g/mol. The molecule has 0 amide bonds. The topological polar surface area (TPSA) is 9.23 Å². The summed E-state index contributed by atoms with van der Waals surface area (Å²) in [4.78, 5) is 0. The molecule has 0 aliphatic heterocycles. The summed E-state index contributed by atoms with van der Waals surface area (Å²) in [5, 5.41) is 2.98. The Morgan fingerprint density at radius 3 is 1.91 bits per heavy atom. The summed E-state index contributed by atoms with van der Waals surface area (Å²) in [6.07, 6.45) is 1.79. The van der Waals surface area contributed by atoms with Gasteiger partial charge >= 0.3 is 9.04 Å². The fraction of sp³-hybridized carbons (Fsp3) is 0. The summed E-state index contributed by atoms with van der Waals surface area (Å²) in [5.41, 5.74) is 0.992. The SMILES string of the molecule is C=Cc1ccc(Cl)c(O[Si](c2ccccc2)c2ccccc2)c1. The molecule has 0 aliphatic carbocycles. The first-order valence-electron chi connectivity index (χ1n) is 7.35. The van der Waals surface area contributed by atoms with E-state index in [1.54, 1.807) is 6.08 Å². The van der Waals surface area contributed by atoms with Crippen molar-refractivity contribution in [1.82, 2.24) is 0 Å². The van der Waals surface area contributed by atoms with E-state index in [4.69, 9.17) is 16.0 Å². The van der Waals surface area contributed by atoms with Gasteiger partial charge in [0, 0.05) is 0 Å². The third-order valence-corrected chi connectivity index (χ3v) is 5.93. The summed E-state index contributed by atoms with van der Waals surface area (Å²) < 4.78 is 6.38. The van der Waals surface area contributed by atoms with Crippen molar-refractivity contribution in [3.8, 4) is 5.75 Å². The lowest BCUT2D eigenvalue weighted by Crippen LogP contribution is -2.47. The molecule has 3 heteroatoms. The van der Waals surface area contributed by atoms with Crippen LogP contribution in [0.2, 0.25) is 5.02 Å². The first kappa shape index (κ1) is 15.6. The van der Waals surface area contributed by atoms with Crippen molar-refractivity contribution in [3.05, 3.63) is 96.0 Å². The van der Waals surface area contributed by atoms with Gasteiger partial charge in [0.1, 0.15) is 5.75 Å². The van der Waals surface area contributed by atoms with Crippen LogP contribution in [0.25, 0.3) is 6.08 Å². The highest BCUT2D eigenvalue weighted by Crippen LogP contribution is 2.26. The molecule has 3 rings (SSSR count). The molecule has 0 aromatic heterocycles. The highest BCUT2D eigenvalue weighted by molar-refractivity contribution is 6.80. The van der Waals surface area contributed by atoms with Gasteiger partial charge in [0.25, 0.3) is 0 Å². The minimum atomic E-state index is -1.42. The van der Waals surface area contributed by atoms with Gasteiger partial charge in [-0.1, -0.05) is 91.0 Å². The second kappa shape index (κ2) is 7.31. The van der Waals surface area contributed by atoms with Crippen LogP contribution in [0.15, 0.2) is 85.4 Å². The third kappa shape index (κ3) is 3.73. The third-order valence-electron chi connectivity index (χ3n) is 3.47. The van der Waals surface area contributed by atoms with E-state index in [0.29, 0.717) is 10.8 Å². The molecule has 0 unspecified atom stereocenters.